The summed E-state index contributed by atoms with van der Waals surface area (Å²) in [5, 5.41) is 19.0. The first kappa shape index (κ1) is 10.4. The second-order valence-corrected chi connectivity index (χ2v) is 3.91. The zero-order valence-corrected chi connectivity index (χ0v) is 9.23. The zero-order valence-electron chi connectivity index (χ0n) is 9.23. The van der Waals surface area contributed by atoms with Gasteiger partial charge in [0.2, 0.25) is 0 Å². The van der Waals surface area contributed by atoms with Gasteiger partial charge < -0.3 is 0 Å². The maximum Gasteiger partial charge on any atom is 0.190 e. The largest absolute Gasteiger partial charge is 0.196 e. The number of rotatable bonds is 2. The van der Waals surface area contributed by atoms with E-state index in [9.17, 15) is 0 Å². The molecule has 0 atom stereocenters. The maximum absolute atomic E-state index is 8.84. The summed E-state index contributed by atoms with van der Waals surface area (Å²) in [5.74, 6) is 0.502. The van der Waals surface area contributed by atoms with Crippen LogP contribution in [0.15, 0.2) is 24.3 Å². The quantitative estimate of drug-likeness (QED) is 0.831. The van der Waals surface area contributed by atoms with Crippen molar-refractivity contribution in [3.05, 3.63) is 35.5 Å². The van der Waals surface area contributed by atoms with Crippen LogP contribution in [-0.2, 0) is 0 Å². The van der Waals surface area contributed by atoms with E-state index in [0.717, 1.165) is 5.56 Å². The first-order valence-electron chi connectivity index (χ1n) is 5.13. The van der Waals surface area contributed by atoms with Gasteiger partial charge in [-0.25, -0.2) is 0 Å². The van der Waals surface area contributed by atoms with Gasteiger partial charge >= 0.3 is 0 Å². The molecule has 2 aromatic rings. The van der Waals surface area contributed by atoms with Crippen LogP contribution in [0.4, 0.5) is 0 Å². The molecule has 0 spiro atoms. The van der Waals surface area contributed by atoms with Gasteiger partial charge in [0, 0.05) is 5.56 Å². The van der Waals surface area contributed by atoms with Crippen LogP contribution >= 0.6 is 0 Å². The molecule has 0 fully saturated rings. The van der Waals surface area contributed by atoms with Crippen molar-refractivity contribution in [3.63, 3.8) is 0 Å². The fraction of sp³-hybridized carbons (Fsp3) is 0.250. The lowest BCUT2D eigenvalue weighted by Gasteiger charge is -2.05. The molecule has 0 unspecified atom stereocenters. The molecular formula is C12H12N4. The third kappa shape index (κ3) is 1.80. The number of aromatic amines is 1. The third-order valence-corrected chi connectivity index (χ3v) is 2.50. The van der Waals surface area contributed by atoms with Crippen molar-refractivity contribution in [2.75, 3.05) is 0 Å². The van der Waals surface area contributed by atoms with Crippen molar-refractivity contribution in [1.82, 2.24) is 15.4 Å². The number of nitrogens with zero attached hydrogens (tertiary/aromatic N) is 3. The van der Waals surface area contributed by atoms with E-state index in [0.29, 0.717) is 17.3 Å². The normalized spacial score (nSPS) is 10.4. The summed E-state index contributed by atoms with van der Waals surface area (Å²) in [6.07, 6.45) is 0. The topological polar surface area (TPSA) is 65.4 Å². The predicted octanol–water partition coefficient (Wildman–Crippen LogP) is 2.47. The molecule has 2 rings (SSSR count). The second kappa shape index (κ2) is 4.15. The lowest BCUT2D eigenvalue weighted by atomic mass is 10.0. The van der Waals surface area contributed by atoms with Gasteiger partial charge in [-0.2, -0.15) is 15.6 Å². The van der Waals surface area contributed by atoms with Crippen LogP contribution in [-0.4, -0.2) is 15.4 Å². The highest BCUT2D eigenvalue weighted by Gasteiger charge is 2.09. The van der Waals surface area contributed by atoms with E-state index in [4.69, 9.17) is 5.26 Å². The second-order valence-electron chi connectivity index (χ2n) is 3.91. The standard InChI is InChI=1S/C12H12N4/c1-8(2)9-3-5-10(6-4-9)12-11(7-13)14-16-15-12/h3-6,8H,1-2H3,(H,14,15,16). The zero-order chi connectivity index (χ0) is 11.5. The van der Waals surface area contributed by atoms with Crippen LogP contribution in [0.5, 0.6) is 0 Å². The minimum Gasteiger partial charge on any atom is -0.196 e. The van der Waals surface area contributed by atoms with Crippen LogP contribution in [0.25, 0.3) is 11.3 Å². The van der Waals surface area contributed by atoms with Crippen molar-refractivity contribution in [1.29, 1.82) is 5.26 Å². The molecule has 4 nitrogen and oxygen atoms in total. The Morgan fingerprint density at radius 1 is 1.19 bits per heavy atom. The fourth-order valence-electron chi connectivity index (χ4n) is 1.54. The van der Waals surface area contributed by atoms with Crippen molar-refractivity contribution in [3.8, 4) is 17.3 Å². The smallest absolute Gasteiger partial charge is 0.190 e. The summed E-state index contributed by atoms with van der Waals surface area (Å²) >= 11 is 0. The van der Waals surface area contributed by atoms with Gasteiger partial charge in [-0.15, -0.1) is 5.10 Å². The minimum atomic E-state index is 0.331. The minimum absolute atomic E-state index is 0.331. The van der Waals surface area contributed by atoms with Crippen LogP contribution in [0.2, 0.25) is 0 Å². The van der Waals surface area contributed by atoms with Gasteiger partial charge in [-0.05, 0) is 11.5 Å². The molecule has 1 heterocycles. The van der Waals surface area contributed by atoms with Gasteiger partial charge in [0.25, 0.3) is 0 Å². The van der Waals surface area contributed by atoms with Gasteiger partial charge in [0.15, 0.2) is 5.69 Å². The molecule has 0 saturated carbocycles. The average Bonchev–Trinajstić information content (AvgIpc) is 2.77. The summed E-state index contributed by atoms with van der Waals surface area (Å²) in [6, 6.07) is 10.0. The fourth-order valence-corrected chi connectivity index (χ4v) is 1.54. The van der Waals surface area contributed by atoms with Gasteiger partial charge in [-0.1, -0.05) is 38.1 Å². The number of aromatic nitrogens is 3. The monoisotopic (exact) mass is 212 g/mol. The Balaban J connectivity index is 2.39. The molecule has 16 heavy (non-hydrogen) atoms. The highest BCUT2D eigenvalue weighted by atomic mass is 15.3. The number of nitriles is 1. The van der Waals surface area contributed by atoms with E-state index in [1.807, 2.05) is 18.2 Å². The van der Waals surface area contributed by atoms with Crippen LogP contribution in [0.3, 0.4) is 0 Å². The Bertz CT molecular complexity index is 517. The number of H-pyrrole nitrogens is 1. The summed E-state index contributed by atoms with van der Waals surface area (Å²) < 4.78 is 0. The lowest BCUT2D eigenvalue weighted by molar-refractivity contribution is 0.867. The molecule has 0 aliphatic carbocycles. The van der Waals surface area contributed by atoms with Crippen molar-refractivity contribution in [2.24, 2.45) is 0 Å². The van der Waals surface area contributed by atoms with E-state index in [2.05, 4.69) is 41.4 Å². The van der Waals surface area contributed by atoms with E-state index in [-0.39, 0.29) is 0 Å². The number of benzene rings is 1. The average molecular weight is 212 g/mol. The van der Waals surface area contributed by atoms with E-state index < -0.39 is 0 Å². The number of hydrogen-bond acceptors (Lipinski definition) is 3. The molecule has 0 aliphatic rings. The van der Waals surface area contributed by atoms with E-state index in [1.165, 1.54) is 5.56 Å². The van der Waals surface area contributed by atoms with Crippen LogP contribution < -0.4 is 0 Å². The highest BCUT2D eigenvalue weighted by molar-refractivity contribution is 5.64. The molecule has 80 valence electrons. The first-order valence-corrected chi connectivity index (χ1v) is 5.13. The molecule has 0 saturated heterocycles. The predicted molar refractivity (Wildman–Crippen MR) is 60.6 cm³/mol. The number of hydrogen-bond donors (Lipinski definition) is 1. The Kier molecular flexibility index (Phi) is 2.69. The maximum atomic E-state index is 8.84. The molecular weight excluding hydrogens is 200 g/mol. The van der Waals surface area contributed by atoms with Gasteiger partial charge in [-0.3, -0.25) is 0 Å². The molecule has 0 radical (unpaired) electrons. The SMILES string of the molecule is CC(C)c1ccc(-c2n[nH]nc2C#N)cc1. The van der Waals surface area contributed by atoms with Crippen molar-refractivity contribution >= 4 is 0 Å². The Hall–Kier alpha value is -2.15. The van der Waals surface area contributed by atoms with Crippen LogP contribution in [0.1, 0.15) is 31.0 Å². The van der Waals surface area contributed by atoms with Gasteiger partial charge in [0.05, 0.1) is 0 Å². The van der Waals surface area contributed by atoms with Crippen molar-refractivity contribution in [2.45, 2.75) is 19.8 Å². The lowest BCUT2D eigenvalue weighted by Crippen LogP contribution is -1.88. The summed E-state index contributed by atoms with van der Waals surface area (Å²) in [6.45, 7) is 4.29. The highest BCUT2D eigenvalue weighted by Crippen LogP contribution is 2.22. The summed E-state index contributed by atoms with van der Waals surface area (Å²) in [4.78, 5) is 0. The van der Waals surface area contributed by atoms with Gasteiger partial charge in [0.1, 0.15) is 11.8 Å². The molecule has 0 aliphatic heterocycles. The van der Waals surface area contributed by atoms with Crippen molar-refractivity contribution < 1.29 is 0 Å². The number of nitrogens with one attached hydrogen (secondary N) is 1. The molecule has 0 amide bonds. The Labute approximate surface area is 93.9 Å². The van der Waals surface area contributed by atoms with Crippen LogP contribution in [0, 0.1) is 11.3 Å². The molecule has 1 aromatic heterocycles. The van der Waals surface area contributed by atoms with E-state index in [1.54, 1.807) is 0 Å². The molecule has 0 bridgehead atoms. The van der Waals surface area contributed by atoms with E-state index >= 15 is 0 Å². The Morgan fingerprint density at radius 2 is 1.88 bits per heavy atom. The molecule has 4 heteroatoms. The molecule has 1 aromatic carbocycles. The molecule has 1 N–H and O–H groups in total. The summed E-state index contributed by atoms with van der Waals surface area (Å²) in [7, 11) is 0. The third-order valence-electron chi connectivity index (χ3n) is 2.50. The Morgan fingerprint density at radius 3 is 2.44 bits per heavy atom. The first-order chi connectivity index (χ1) is 7.72. The summed E-state index contributed by atoms with van der Waals surface area (Å²) in [5.41, 5.74) is 3.12.